The molecule has 3 saturated heterocycles. The van der Waals surface area contributed by atoms with Gasteiger partial charge in [-0.25, -0.2) is 4.79 Å². The van der Waals surface area contributed by atoms with Crippen molar-refractivity contribution in [1.29, 1.82) is 0 Å². The average molecular weight is 513 g/mol. The number of piperidine rings is 3. The van der Waals surface area contributed by atoms with Crippen LogP contribution in [-0.2, 0) is 11.3 Å². The smallest absolute Gasteiger partial charge is 0.407 e. The summed E-state index contributed by atoms with van der Waals surface area (Å²) < 4.78 is 18.2. The Morgan fingerprint density at radius 2 is 1.79 bits per heavy atom. The lowest BCUT2D eigenvalue weighted by molar-refractivity contribution is -0.0361. The molecule has 2 bridgehead atoms. The molecule has 38 heavy (non-hydrogen) atoms. The van der Waals surface area contributed by atoms with Crippen molar-refractivity contribution in [1.82, 2.24) is 10.2 Å². The molecule has 6 nitrogen and oxygen atoms in total. The molecule has 0 radical (unpaired) electrons. The summed E-state index contributed by atoms with van der Waals surface area (Å²) in [6, 6.07) is 24.3. The van der Waals surface area contributed by atoms with Crippen LogP contribution in [0.1, 0.15) is 43.9 Å². The topological polar surface area (TPSA) is 60.0 Å². The fourth-order valence-corrected chi connectivity index (χ4v) is 5.96. The largest absolute Gasteiger partial charge is 0.493 e. The number of nitrogens with zero attached hydrogens (tertiary/aromatic N) is 1. The zero-order chi connectivity index (χ0) is 26.1. The first kappa shape index (κ1) is 24.8. The number of nitrogens with one attached hydrogen (secondary N) is 1. The van der Waals surface area contributed by atoms with Crippen molar-refractivity contribution >= 4 is 6.09 Å². The monoisotopic (exact) mass is 512 g/mol. The summed E-state index contributed by atoms with van der Waals surface area (Å²) in [6.07, 6.45) is 1.89. The van der Waals surface area contributed by atoms with E-state index in [1.165, 1.54) is 0 Å². The van der Waals surface area contributed by atoms with Crippen molar-refractivity contribution in [2.24, 2.45) is 11.3 Å². The van der Waals surface area contributed by atoms with Gasteiger partial charge >= 0.3 is 6.09 Å². The van der Waals surface area contributed by atoms with E-state index in [1.54, 1.807) is 0 Å². The van der Waals surface area contributed by atoms with Gasteiger partial charge in [-0.3, -0.25) is 4.90 Å². The number of amides is 1. The molecule has 6 heteroatoms. The Balaban J connectivity index is 1.17. The molecule has 0 aliphatic carbocycles. The molecular formula is C32H36N2O4. The number of carbonyl (C=O) groups is 1. The van der Waals surface area contributed by atoms with E-state index in [2.05, 4.69) is 66.5 Å². The number of rotatable bonds is 6. The Kier molecular flexibility index (Phi) is 6.75. The van der Waals surface area contributed by atoms with Crippen molar-refractivity contribution < 1.29 is 19.0 Å². The minimum Gasteiger partial charge on any atom is -0.493 e. The van der Waals surface area contributed by atoms with Crippen molar-refractivity contribution in [3.8, 4) is 22.6 Å². The molecule has 4 aliphatic heterocycles. The molecule has 4 aliphatic rings. The van der Waals surface area contributed by atoms with Gasteiger partial charge in [-0.05, 0) is 66.7 Å². The Morgan fingerprint density at radius 3 is 2.55 bits per heavy atom. The Bertz CT molecular complexity index is 1280. The predicted molar refractivity (Wildman–Crippen MR) is 147 cm³/mol. The minimum absolute atomic E-state index is 0.0151. The highest BCUT2D eigenvalue weighted by molar-refractivity contribution is 5.71. The van der Waals surface area contributed by atoms with Crippen LogP contribution >= 0.6 is 0 Å². The maximum Gasteiger partial charge on any atom is 0.407 e. The molecule has 1 unspecified atom stereocenters. The molecule has 3 fully saturated rings. The number of alkyl carbamates (subject to hydrolysis) is 1. The summed E-state index contributed by atoms with van der Waals surface area (Å²) in [5.41, 5.74) is 3.94. The lowest BCUT2D eigenvalue weighted by atomic mass is 9.78. The number of ether oxygens (including phenoxy) is 3. The minimum atomic E-state index is -0.331. The fourth-order valence-electron chi connectivity index (χ4n) is 5.96. The maximum atomic E-state index is 13.0. The van der Waals surface area contributed by atoms with Crippen LogP contribution in [0.4, 0.5) is 4.79 Å². The van der Waals surface area contributed by atoms with Crippen LogP contribution < -0.4 is 14.8 Å². The van der Waals surface area contributed by atoms with Crippen molar-refractivity contribution in [3.05, 3.63) is 83.9 Å². The molecule has 3 aromatic rings. The van der Waals surface area contributed by atoms with E-state index in [0.29, 0.717) is 19.1 Å². The fraction of sp³-hybridized carbons (Fsp3) is 0.406. The van der Waals surface area contributed by atoms with E-state index in [9.17, 15) is 4.79 Å². The normalized spacial score (nSPS) is 25.1. The predicted octanol–water partition coefficient (Wildman–Crippen LogP) is 6.21. The van der Waals surface area contributed by atoms with Gasteiger partial charge in [0.25, 0.3) is 0 Å². The second-order valence-electron chi connectivity index (χ2n) is 11.5. The van der Waals surface area contributed by atoms with E-state index >= 15 is 0 Å². The zero-order valence-corrected chi connectivity index (χ0v) is 22.2. The summed E-state index contributed by atoms with van der Waals surface area (Å²) in [5, 5.41) is 3.19. The van der Waals surface area contributed by atoms with Crippen LogP contribution in [-0.4, -0.2) is 43.3 Å². The summed E-state index contributed by atoms with van der Waals surface area (Å²) in [5.74, 6) is 2.10. The Labute approximate surface area is 224 Å². The number of fused-ring (bicyclic) bond motifs is 4. The van der Waals surface area contributed by atoms with Gasteiger partial charge in [0.15, 0.2) is 0 Å². The molecule has 7 rings (SSSR count). The number of hydrogen-bond acceptors (Lipinski definition) is 5. The van der Waals surface area contributed by atoms with Crippen LogP contribution in [0, 0.1) is 11.3 Å². The van der Waals surface area contributed by atoms with Gasteiger partial charge in [0.2, 0.25) is 0 Å². The molecule has 1 N–H and O–H groups in total. The molecule has 198 valence electrons. The van der Waals surface area contributed by atoms with E-state index in [4.69, 9.17) is 14.2 Å². The second kappa shape index (κ2) is 10.3. The average Bonchev–Trinajstić information content (AvgIpc) is 2.95. The lowest BCUT2D eigenvalue weighted by Gasteiger charge is -2.44. The highest BCUT2D eigenvalue weighted by Crippen LogP contribution is 2.44. The van der Waals surface area contributed by atoms with Crippen LogP contribution in [0.15, 0.2) is 72.8 Å². The Hall–Kier alpha value is -3.51. The first-order valence-corrected chi connectivity index (χ1v) is 13.7. The summed E-state index contributed by atoms with van der Waals surface area (Å²) in [7, 11) is 0. The van der Waals surface area contributed by atoms with Crippen LogP contribution in [0.2, 0.25) is 0 Å². The van der Waals surface area contributed by atoms with Crippen molar-refractivity contribution in [2.45, 2.75) is 45.4 Å². The third-order valence-electron chi connectivity index (χ3n) is 8.24. The highest BCUT2D eigenvalue weighted by Gasteiger charge is 2.41. The van der Waals surface area contributed by atoms with E-state index in [1.807, 2.05) is 30.3 Å². The number of hydrogen-bond donors (Lipinski definition) is 1. The van der Waals surface area contributed by atoms with Gasteiger partial charge in [-0.1, -0.05) is 68.4 Å². The summed E-state index contributed by atoms with van der Waals surface area (Å²) in [4.78, 5) is 15.4. The lowest BCUT2D eigenvalue weighted by Crippen LogP contribution is -2.53. The first-order chi connectivity index (χ1) is 18.4. The van der Waals surface area contributed by atoms with E-state index < -0.39 is 0 Å². The molecule has 1 amide bonds. The standard InChI is InChI=1S/C32H36N2O4/c1-32(2)21-37-28-18-25(24-9-6-10-26(17-24)36-20-22-7-4-3-5-8-22)11-12-27(28)30(32)33-31(35)38-29-19-34-15-13-23(29)14-16-34/h3-12,17-18,23,29-30H,13-16,19-21H2,1-2H3,(H,33,35)/t29-,30?/m1/s1. The molecule has 2 atom stereocenters. The summed E-state index contributed by atoms with van der Waals surface area (Å²) >= 11 is 0. The van der Waals surface area contributed by atoms with Gasteiger partial charge < -0.3 is 19.5 Å². The van der Waals surface area contributed by atoms with Crippen LogP contribution in [0.3, 0.4) is 0 Å². The second-order valence-corrected chi connectivity index (χ2v) is 11.5. The molecule has 4 heterocycles. The maximum absolute atomic E-state index is 13.0. The van der Waals surface area contributed by atoms with Gasteiger partial charge in [0, 0.05) is 17.5 Å². The summed E-state index contributed by atoms with van der Waals surface area (Å²) in [6.45, 7) is 8.37. The van der Waals surface area contributed by atoms with E-state index in [-0.39, 0.29) is 23.7 Å². The Morgan fingerprint density at radius 1 is 1.00 bits per heavy atom. The van der Waals surface area contributed by atoms with Gasteiger partial charge in [0.1, 0.15) is 24.2 Å². The van der Waals surface area contributed by atoms with Gasteiger partial charge in [-0.15, -0.1) is 0 Å². The number of benzene rings is 3. The van der Waals surface area contributed by atoms with E-state index in [0.717, 1.165) is 66.2 Å². The molecule has 3 aromatic carbocycles. The molecule has 0 aromatic heterocycles. The molecular weight excluding hydrogens is 476 g/mol. The van der Waals surface area contributed by atoms with Gasteiger partial charge in [-0.2, -0.15) is 0 Å². The van der Waals surface area contributed by atoms with Gasteiger partial charge in [0.05, 0.1) is 12.6 Å². The van der Waals surface area contributed by atoms with Crippen molar-refractivity contribution in [2.75, 3.05) is 26.2 Å². The third-order valence-corrected chi connectivity index (χ3v) is 8.24. The quantitative estimate of drug-likeness (QED) is 0.425. The first-order valence-electron chi connectivity index (χ1n) is 13.7. The van der Waals surface area contributed by atoms with Crippen molar-refractivity contribution in [3.63, 3.8) is 0 Å². The SMILES string of the molecule is CC1(C)COc2cc(-c3cccc(OCc4ccccc4)c3)ccc2C1NC(=O)O[C@@H]1CN2CCC1CC2. The highest BCUT2D eigenvalue weighted by atomic mass is 16.6. The molecule has 0 spiro atoms. The van der Waals surface area contributed by atoms with Crippen LogP contribution in [0.5, 0.6) is 11.5 Å². The van der Waals surface area contributed by atoms with Crippen LogP contribution in [0.25, 0.3) is 11.1 Å². The zero-order valence-electron chi connectivity index (χ0n) is 22.2. The number of carbonyl (C=O) groups excluding carboxylic acids is 1. The third kappa shape index (κ3) is 5.23. The molecule has 0 saturated carbocycles.